The standard InChI is InChI=1S/2C20H25NO2.ClH/c2*1-3-21(4-2)19(18-13-9-6-10-14-18)16-23-20(22)15-17-11-7-5-8-12-17;/h2*5-14,19H,3-4,15-16H2,1-2H3;1H. The van der Waals surface area contributed by atoms with Crippen LogP contribution in [-0.2, 0) is 31.9 Å². The van der Waals surface area contributed by atoms with Crippen LogP contribution in [0.2, 0.25) is 0 Å². The highest BCUT2D eigenvalue weighted by Crippen LogP contribution is 2.22. The molecule has 7 heteroatoms. The van der Waals surface area contributed by atoms with Crippen LogP contribution in [0, 0.1) is 0 Å². The lowest BCUT2D eigenvalue weighted by Crippen LogP contribution is -2.32. The molecule has 0 aromatic heterocycles. The van der Waals surface area contributed by atoms with Crippen molar-refractivity contribution in [2.45, 2.75) is 52.6 Å². The lowest BCUT2D eigenvalue weighted by atomic mass is 10.1. The van der Waals surface area contributed by atoms with Gasteiger partial charge in [0, 0.05) is 0 Å². The first kappa shape index (κ1) is 39.2. The van der Waals surface area contributed by atoms with Crippen molar-refractivity contribution in [2.75, 3.05) is 39.4 Å². The molecule has 6 nitrogen and oxygen atoms in total. The number of benzene rings is 4. The topological polar surface area (TPSA) is 59.1 Å². The van der Waals surface area contributed by atoms with E-state index in [1.54, 1.807) is 0 Å². The molecule has 0 spiro atoms. The smallest absolute Gasteiger partial charge is 0.310 e. The Morgan fingerprint density at radius 1 is 0.489 bits per heavy atom. The predicted octanol–water partition coefficient (Wildman–Crippen LogP) is 8.13. The van der Waals surface area contributed by atoms with E-state index < -0.39 is 0 Å². The molecule has 252 valence electrons. The normalized spacial score (nSPS) is 11.9. The van der Waals surface area contributed by atoms with Crippen molar-refractivity contribution in [1.29, 1.82) is 0 Å². The molecule has 4 rings (SSSR count). The van der Waals surface area contributed by atoms with Crippen LogP contribution in [0.4, 0.5) is 0 Å². The SMILES string of the molecule is CCN(CC)C(COC(=O)Cc1ccccc1)c1ccccc1.CCN(CC)C(COC(=O)Cc1ccccc1)c1ccccc1.Cl. The third-order valence-electron chi connectivity index (χ3n) is 8.06. The van der Waals surface area contributed by atoms with E-state index in [4.69, 9.17) is 9.47 Å². The van der Waals surface area contributed by atoms with Crippen molar-refractivity contribution < 1.29 is 19.1 Å². The maximum atomic E-state index is 12.1. The molecular formula is C40H51ClN2O4. The molecule has 0 N–H and O–H groups in total. The Hall–Kier alpha value is -3.97. The first-order valence-electron chi connectivity index (χ1n) is 16.5. The fourth-order valence-electron chi connectivity index (χ4n) is 5.47. The van der Waals surface area contributed by atoms with E-state index in [9.17, 15) is 9.59 Å². The van der Waals surface area contributed by atoms with Gasteiger partial charge in [-0.15, -0.1) is 12.4 Å². The number of ether oxygens (including phenoxy) is 2. The van der Waals surface area contributed by atoms with E-state index >= 15 is 0 Å². The Bertz CT molecular complexity index is 1270. The van der Waals surface area contributed by atoms with Gasteiger partial charge in [0.05, 0.1) is 24.9 Å². The molecule has 4 aromatic rings. The summed E-state index contributed by atoms with van der Waals surface area (Å²) in [6.07, 6.45) is 0.640. The van der Waals surface area contributed by atoms with Gasteiger partial charge < -0.3 is 9.47 Å². The summed E-state index contributed by atoms with van der Waals surface area (Å²) in [4.78, 5) is 28.8. The molecule has 0 bridgehead atoms. The summed E-state index contributed by atoms with van der Waals surface area (Å²) in [7, 11) is 0. The van der Waals surface area contributed by atoms with Gasteiger partial charge in [0.1, 0.15) is 13.2 Å². The zero-order chi connectivity index (χ0) is 33.0. The number of hydrogen-bond acceptors (Lipinski definition) is 6. The minimum atomic E-state index is -0.177. The number of hydrogen-bond donors (Lipinski definition) is 0. The summed E-state index contributed by atoms with van der Waals surface area (Å²) in [5, 5.41) is 0. The molecule has 0 saturated carbocycles. The van der Waals surface area contributed by atoms with Gasteiger partial charge in [-0.25, -0.2) is 0 Å². The second kappa shape index (κ2) is 22.5. The van der Waals surface area contributed by atoms with Gasteiger partial charge in [0.15, 0.2) is 0 Å². The highest BCUT2D eigenvalue weighted by atomic mass is 35.5. The van der Waals surface area contributed by atoms with Crippen molar-refractivity contribution in [3.8, 4) is 0 Å². The molecule has 2 unspecified atom stereocenters. The molecule has 0 aliphatic heterocycles. The summed E-state index contributed by atoms with van der Waals surface area (Å²) in [5.74, 6) is -0.353. The zero-order valence-corrected chi connectivity index (χ0v) is 29.1. The fraction of sp³-hybridized carbons (Fsp3) is 0.350. The molecule has 0 aliphatic rings. The van der Waals surface area contributed by atoms with Crippen LogP contribution in [0.25, 0.3) is 0 Å². The lowest BCUT2D eigenvalue weighted by Gasteiger charge is -2.29. The molecule has 0 amide bonds. The van der Waals surface area contributed by atoms with Crippen LogP contribution < -0.4 is 0 Å². The third-order valence-corrected chi connectivity index (χ3v) is 8.06. The third kappa shape index (κ3) is 13.7. The highest BCUT2D eigenvalue weighted by Gasteiger charge is 2.21. The van der Waals surface area contributed by atoms with E-state index in [0.29, 0.717) is 26.1 Å². The number of esters is 2. The second-order valence-electron chi connectivity index (χ2n) is 11.0. The first-order chi connectivity index (χ1) is 22.5. The number of halogens is 1. The van der Waals surface area contributed by atoms with Crippen LogP contribution in [0.5, 0.6) is 0 Å². The van der Waals surface area contributed by atoms with Crippen LogP contribution >= 0.6 is 12.4 Å². The molecule has 0 fully saturated rings. The minimum Gasteiger partial charge on any atom is -0.463 e. The van der Waals surface area contributed by atoms with Crippen molar-refractivity contribution in [3.63, 3.8) is 0 Å². The van der Waals surface area contributed by atoms with Crippen LogP contribution in [0.15, 0.2) is 121 Å². The van der Waals surface area contributed by atoms with Gasteiger partial charge in [0.2, 0.25) is 0 Å². The molecule has 2 atom stereocenters. The van der Waals surface area contributed by atoms with Gasteiger partial charge >= 0.3 is 11.9 Å². The summed E-state index contributed by atoms with van der Waals surface area (Å²) in [6, 6.07) is 40.1. The number of nitrogens with zero attached hydrogens (tertiary/aromatic N) is 2. The van der Waals surface area contributed by atoms with Gasteiger partial charge in [-0.1, -0.05) is 149 Å². The summed E-state index contributed by atoms with van der Waals surface area (Å²) in [5.41, 5.74) is 4.33. The van der Waals surface area contributed by atoms with Crippen LogP contribution in [0.1, 0.15) is 62.0 Å². The zero-order valence-electron chi connectivity index (χ0n) is 28.3. The molecule has 0 saturated heterocycles. The highest BCUT2D eigenvalue weighted by molar-refractivity contribution is 5.85. The first-order valence-corrected chi connectivity index (χ1v) is 16.5. The molecule has 4 aromatic carbocycles. The molecule has 0 radical (unpaired) electrons. The Morgan fingerprint density at radius 3 is 1.04 bits per heavy atom. The monoisotopic (exact) mass is 658 g/mol. The van der Waals surface area contributed by atoms with E-state index in [1.165, 1.54) is 11.1 Å². The van der Waals surface area contributed by atoms with E-state index in [1.807, 2.05) is 97.1 Å². The number of rotatable bonds is 16. The van der Waals surface area contributed by atoms with E-state index in [-0.39, 0.29) is 36.4 Å². The van der Waals surface area contributed by atoms with E-state index in [2.05, 4.69) is 61.8 Å². The number of carbonyl (C=O) groups excluding carboxylic acids is 2. The molecule has 0 heterocycles. The Labute approximate surface area is 288 Å². The minimum absolute atomic E-state index is 0. The average Bonchev–Trinajstić information content (AvgIpc) is 3.10. The quantitative estimate of drug-likeness (QED) is 0.113. The number of likely N-dealkylation sites (N-methyl/N-ethyl adjacent to an activating group) is 2. The van der Waals surface area contributed by atoms with Gasteiger partial charge in [-0.05, 0) is 48.4 Å². The Morgan fingerprint density at radius 2 is 0.766 bits per heavy atom. The Kier molecular flexibility index (Phi) is 18.8. The molecule has 0 aliphatic carbocycles. The van der Waals surface area contributed by atoms with Crippen molar-refractivity contribution in [2.24, 2.45) is 0 Å². The fourth-order valence-corrected chi connectivity index (χ4v) is 5.47. The van der Waals surface area contributed by atoms with Crippen LogP contribution in [0.3, 0.4) is 0 Å². The summed E-state index contributed by atoms with van der Waals surface area (Å²) >= 11 is 0. The summed E-state index contributed by atoms with van der Waals surface area (Å²) < 4.78 is 11.1. The molecule has 47 heavy (non-hydrogen) atoms. The largest absolute Gasteiger partial charge is 0.463 e. The van der Waals surface area contributed by atoms with Gasteiger partial charge in [0.25, 0.3) is 0 Å². The Balaban J connectivity index is 0.000000320. The van der Waals surface area contributed by atoms with Crippen LogP contribution in [-0.4, -0.2) is 61.1 Å². The van der Waals surface area contributed by atoms with Crippen molar-refractivity contribution >= 4 is 24.3 Å². The molecular weight excluding hydrogens is 608 g/mol. The second-order valence-corrected chi connectivity index (χ2v) is 11.0. The van der Waals surface area contributed by atoms with Crippen molar-refractivity contribution in [3.05, 3.63) is 144 Å². The maximum absolute atomic E-state index is 12.1. The van der Waals surface area contributed by atoms with Crippen molar-refractivity contribution in [1.82, 2.24) is 9.80 Å². The maximum Gasteiger partial charge on any atom is 0.310 e. The van der Waals surface area contributed by atoms with Gasteiger partial charge in [-0.2, -0.15) is 0 Å². The van der Waals surface area contributed by atoms with E-state index in [0.717, 1.165) is 37.3 Å². The van der Waals surface area contributed by atoms with Gasteiger partial charge in [-0.3, -0.25) is 19.4 Å². The predicted molar refractivity (Wildman–Crippen MR) is 194 cm³/mol. The average molecular weight is 659 g/mol. The number of carbonyl (C=O) groups is 2. The summed E-state index contributed by atoms with van der Waals surface area (Å²) in [6.45, 7) is 13.0. The lowest BCUT2D eigenvalue weighted by molar-refractivity contribution is -0.145.